The van der Waals surface area contributed by atoms with E-state index >= 15 is 0 Å². The summed E-state index contributed by atoms with van der Waals surface area (Å²) in [6.45, 7) is 4.10. The van der Waals surface area contributed by atoms with Crippen molar-refractivity contribution in [3.63, 3.8) is 0 Å². The average Bonchev–Trinajstić information content (AvgIpc) is 3.10. The number of amides is 1. The van der Waals surface area contributed by atoms with E-state index < -0.39 is 16.1 Å². The molecule has 2 rings (SSSR count). The molecule has 0 bridgehead atoms. The number of carbonyl (C=O) groups excluding carboxylic acids is 1. The van der Waals surface area contributed by atoms with E-state index in [0.717, 1.165) is 12.0 Å². The van der Waals surface area contributed by atoms with Crippen molar-refractivity contribution in [1.82, 2.24) is 19.8 Å². The minimum atomic E-state index is -3.34. The van der Waals surface area contributed by atoms with Crippen molar-refractivity contribution in [3.05, 3.63) is 18.0 Å². The van der Waals surface area contributed by atoms with Gasteiger partial charge in [0.25, 0.3) is 0 Å². The third-order valence-corrected chi connectivity index (χ3v) is 5.78. The first-order valence-corrected chi connectivity index (χ1v) is 8.85. The van der Waals surface area contributed by atoms with Gasteiger partial charge in [0.1, 0.15) is 6.04 Å². The minimum Gasteiger partial charge on any atom is -0.348 e. The standard InChI is InChI=1S/C13H22N4O3S/c1-3-7-21(19,20)17-6-4-5-12(17)13(18)16-10(2)11-8-14-15-9-11/h8-10,12H,3-7H2,1-2H3,(H,14,15)(H,16,18). The van der Waals surface area contributed by atoms with Crippen molar-refractivity contribution in [2.45, 2.75) is 45.2 Å². The summed E-state index contributed by atoms with van der Waals surface area (Å²) in [7, 11) is -3.34. The Morgan fingerprint density at radius 3 is 3.00 bits per heavy atom. The van der Waals surface area contributed by atoms with Crippen LogP contribution in [0.25, 0.3) is 0 Å². The molecule has 1 amide bonds. The second kappa shape index (κ2) is 6.57. The molecule has 1 saturated heterocycles. The third kappa shape index (κ3) is 3.62. The zero-order valence-corrected chi connectivity index (χ0v) is 13.2. The van der Waals surface area contributed by atoms with Gasteiger partial charge in [0.2, 0.25) is 15.9 Å². The molecule has 0 aliphatic carbocycles. The van der Waals surface area contributed by atoms with Crippen LogP contribution in [0.5, 0.6) is 0 Å². The maximum Gasteiger partial charge on any atom is 0.238 e. The van der Waals surface area contributed by atoms with Crippen LogP contribution in [0.15, 0.2) is 12.4 Å². The Bertz CT molecular complexity index is 570. The second-order valence-corrected chi connectivity index (χ2v) is 7.39. The molecule has 1 aromatic rings. The lowest BCUT2D eigenvalue weighted by Gasteiger charge is -2.24. The second-order valence-electron chi connectivity index (χ2n) is 5.35. The summed E-state index contributed by atoms with van der Waals surface area (Å²) in [5.41, 5.74) is 0.865. The molecule has 7 nitrogen and oxygen atoms in total. The van der Waals surface area contributed by atoms with Gasteiger partial charge >= 0.3 is 0 Å². The molecule has 1 aliphatic heterocycles. The monoisotopic (exact) mass is 314 g/mol. The summed E-state index contributed by atoms with van der Waals surface area (Å²) < 4.78 is 25.7. The zero-order chi connectivity index (χ0) is 15.5. The van der Waals surface area contributed by atoms with Gasteiger partial charge < -0.3 is 5.32 Å². The number of carbonyl (C=O) groups is 1. The minimum absolute atomic E-state index is 0.0913. The average molecular weight is 314 g/mol. The number of aromatic amines is 1. The predicted molar refractivity (Wildman–Crippen MR) is 79.0 cm³/mol. The largest absolute Gasteiger partial charge is 0.348 e. The molecule has 2 N–H and O–H groups in total. The fourth-order valence-electron chi connectivity index (χ4n) is 2.60. The molecule has 0 aromatic carbocycles. The van der Waals surface area contributed by atoms with Crippen LogP contribution in [0.4, 0.5) is 0 Å². The summed E-state index contributed by atoms with van der Waals surface area (Å²) in [6.07, 6.45) is 5.21. The normalized spacial score (nSPS) is 21.3. The van der Waals surface area contributed by atoms with E-state index in [9.17, 15) is 13.2 Å². The molecule has 0 radical (unpaired) electrons. The fourth-order valence-corrected chi connectivity index (χ4v) is 4.35. The third-order valence-electron chi connectivity index (χ3n) is 3.70. The molecule has 1 aromatic heterocycles. The van der Waals surface area contributed by atoms with Gasteiger partial charge in [-0.25, -0.2) is 8.42 Å². The van der Waals surface area contributed by atoms with Crippen molar-refractivity contribution < 1.29 is 13.2 Å². The maximum absolute atomic E-state index is 12.4. The summed E-state index contributed by atoms with van der Waals surface area (Å²) in [4.78, 5) is 12.4. The van der Waals surface area contributed by atoms with Crippen LogP contribution in [0.1, 0.15) is 44.7 Å². The Kier molecular flexibility index (Phi) is 5.00. The first-order chi connectivity index (χ1) is 9.95. The lowest BCUT2D eigenvalue weighted by atomic mass is 10.1. The van der Waals surface area contributed by atoms with Crippen LogP contribution in [0, 0.1) is 0 Å². The van der Waals surface area contributed by atoms with Crippen molar-refractivity contribution >= 4 is 15.9 Å². The maximum atomic E-state index is 12.4. The number of aromatic nitrogens is 2. The topological polar surface area (TPSA) is 95.2 Å². The highest BCUT2D eigenvalue weighted by molar-refractivity contribution is 7.89. The lowest BCUT2D eigenvalue weighted by Crippen LogP contribution is -2.47. The van der Waals surface area contributed by atoms with Crippen LogP contribution in [0.2, 0.25) is 0 Å². The van der Waals surface area contributed by atoms with Gasteiger partial charge in [-0.2, -0.15) is 9.40 Å². The number of sulfonamides is 1. The van der Waals surface area contributed by atoms with Gasteiger partial charge in [-0.15, -0.1) is 0 Å². The van der Waals surface area contributed by atoms with Gasteiger partial charge in [-0.1, -0.05) is 6.92 Å². The smallest absolute Gasteiger partial charge is 0.238 e. The van der Waals surface area contributed by atoms with E-state index in [-0.39, 0.29) is 17.7 Å². The SMILES string of the molecule is CCCS(=O)(=O)N1CCCC1C(=O)NC(C)c1cn[nH]c1. The first kappa shape index (κ1) is 16.0. The molecule has 1 aliphatic rings. The van der Waals surface area contributed by atoms with Crippen LogP contribution in [0.3, 0.4) is 0 Å². The van der Waals surface area contributed by atoms with E-state index in [0.29, 0.717) is 19.4 Å². The van der Waals surface area contributed by atoms with Crippen LogP contribution >= 0.6 is 0 Å². The molecule has 21 heavy (non-hydrogen) atoms. The summed E-state index contributed by atoms with van der Waals surface area (Å²) in [5, 5.41) is 9.40. The van der Waals surface area contributed by atoms with Gasteiger partial charge in [-0.05, 0) is 26.2 Å². The quantitative estimate of drug-likeness (QED) is 0.811. The molecule has 2 atom stereocenters. The van der Waals surface area contributed by atoms with Gasteiger partial charge in [0.05, 0.1) is 18.0 Å². The van der Waals surface area contributed by atoms with E-state index in [1.165, 1.54) is 4.31 Å². The van der Waals surface area contributed by atoms with E-state index in [2.05, 4.69) is 15.5 Å². The molecule has 1 fully saturated rings. The summed E-state index contributed by atoms with van der Waals surface area (Å²) in [6, 6.07) is -0.788. The molecule has 2 heterocycles. The summed E-state index contributed by atoms with van der Waals surface area (Å²) in [5.74, 6) is -0.144. The number of rotatable bonds is 6. The van der Waals surface area contributed by atoms with E-state index in [4.69, 9.17) is 0 Å². The molecule has 118 valence electrons. The van der Waals surface area contributed by atoms with Crippen LogP contribution in [-0.4, -0.2) is 47.2 Å². The number of nitrogens with zero attached hydrogens (tertiary/aromatic N) is 2. The highest BCUT2D eigenvalue weighted by Crippen LogP contribution is 2.23. The van der Waals surface area contributed by atoms with Crippen molar-refractivity contribution in [2.24, 2.45) is 0 Å². The molecular formula is C13H22N4O3S. The molecule has 2 unspecified atom stereocenters. The molecule has 8 heteroatoms. The van der Waals surface area contributed by atoms with Crippen molar-refractivity contribution in [3.8, 4) is 0 Å². The predicted octanol–water partition coefficient (Wildman–Crippen LogP) is 0.791. The zero-order valence-electron chi connectivity index (χ0n) is 12.4. The number of H-pyrrole nitrogens is 1. The number of nitrogens with one attached hydrogen (secondary N) is 2. The van der Waals surface area contributed by atoms with Gasteiger partial charge in [-0.3, -0.25) is 9.89 Å². The van der Waals surface area contributed by atoms with Crippen molar-refractivity contribution in [2.75, 3.05) is 12.3 Å². The van der Waals surface area contributed by atoms with E-state index in [1.807, 2.05) is 13.8 Å². The highest BCUT2D eigenvalue weighted by atomic mass is 32.2. The first-order valence-electron chi connectivity index (χ1n) is 7.24. The molecule has 0 spiro atoms. The molecule has 0 saturated carbocycles. The fraction of sp³-hybridized carbons (Fsp3) is 0.692. The summed E-state index contributed by atoms with van der Waals surface area (Å²) >= 11 is 0. The Morgan fingerprint density at radius 1 is 1.62 bits per heavy atom. The highest BCUT2D eigenvalue weighted by Gasteiger charge is 2.38. The molecular weight excluding hydrogens is 292 g/mol. The Morgan fingerprint density at radius 2 is 2.38 bits per heavy atom. The van der Waals surface area contributed by atoms with E-state index in [1.54, 1.807) is 12.4 Å². The van der Waals surface area contributed by atoms with Gasteiger partial charge in [0.15, 0.2) is 0 Å². The van der Waals surface area contributed by atoms with Crippen LogP contribution in [-0.2, 0) is 14.8 Å². The van der Waals surface area contributed by atoms with Gasteiger partial charge in [0, 0.05) is 18.3 Å². The Labute approximate surface area is 125 Å². The number of hydrogen-bond donors (Lipinski definition) is 2. The Balaban J connectivity index is 2.04. The lowest BCUT2D eigenvalue weighted by molar-refractivity contribution is -0.124. The number of hydrogen-bond acceptors (Lipinski definition) is 4. The van der Waals surface area contributed by atoms with Crippen LogP contribution < -0.4 is 5.32 Å². The Hall–Kier alpha value is -1.41. The van der Waals surface area contributed by atoms with Crippen molar-refractivity contribution in [1.29, 1.82) is 0 Å².